The molecule has 0 aromatic heterocycles. The molecule has 5 N–H and O–H groups in total. The summed E-state index contributed by atoms with van der Waals surface area (Å²) in [6.45, 7) is 0.0603. The van der Waals surface area contributed by atoms with Crippen LogP contribution in [0.3, 0.4) is 0 Å². The second-order valence-corrected chi connectivity index (χ2v) is 2.99. The van der Waals surface area contributed by atoms with E-state index in [1.165, 1.54) is 7.11 Å². The van der Waals surface area contributed by atoms with Gasteiger partial charge >= 0.3 is 0 Å². The molecule has 0 bridgehead atoms. The van der Waals surface area contributed by atoms with Crippen molar-refractivity contribution < 1.29 is 24.8 Å². The molecular formula is C7H16ClNO5. The van der Waals surface area contributed by atoms with Gasteiger partial charge in [-0.3, -0.25) is 0 Å². The average molecular weight is 230 g/mol. The van der Waals surface area contributed by atoms with E-state index in [9.17, 15) is 15.3 Å². The highest BCUT2D eigenvalue weighted by atomic mass is 35.5. The second kappa shape index (κ2) is 5.82. The summed E-state index contributed by atoms with van der Waals surface area (Å²) in [5.74, 6) is 0. The topological polar surface area (TPSA) is 105 Å². The molecule has 0 spiro atoms. The monoisotopic (exact) mass is 229 g/mol. The van der Waals surface area contributed by atoms with Gasteiger partial charge in [-0.15, -0.1) is 12.4 Å². The van der Waals surface area contributed by atoms with Crippen molar-refractivity contribution in [1.29, 1.82) is 0 Å². The number of ether oxygens (including phenoxy) is 2. The van der Waals surface area contributed by atoms with E-state index < -0.39 is 30.7 Å². The van der Waals surface area contributed by atoms with Crippen LogP contribution in [0.4, 0.5) is 0 Å². The fourth-order valence-corrected chi connectivity index (χ4v) is 1.31. The Morgan fingerprint density at radius 3 is 2.21 bits per heavy atom. The van der Waals surface area contributed by atoms with Gasteiger partial charge in [0, 0.05) is 13.7 Å². The molecule has 7 heteroatoms. The van der Waals surface area contributed by atoms with E-state index in [0.717, 1.165) is 0 Å². The van der Waals surface area contributed by atoms with E-state index >= 15 is 0 Å². The van der Waals surface area contributed by atoms with E-state index in [0.29, 0.717) is 0 Å². The molecule has 1 aliphatic rings. The molecule has 1 rings (SSSR count). The van der Waals surface area contributed by atoms with Crippen LogP contribution in [0.5, 0.6) is 0 Å². The molecule has 0 saturated carbocycles. The number of hydrogen-bond donors (Lipinski definition) is 4. The summed E-state index contributed by atoms with van der Waals surface area (Å²) in [5.41, 5.74) is 5.28. The minimum absolute atomic E-state index is 0. The van der Waals surface area contributed by atoms with Gasteiger partial charge in [-0.1, -0.05) is 0 Å². The summed E-state index contributed by atoms with van der Waals surface area (Å²) < 4.78 is 9.83. The van der Waals surface area contributed by atoms with Crippen LogP contribution in [-0.4, -0.2) is 59.7 Å². The molecule has 5 atom stereocenters. The summed E-state index contributed by atoms with van der Waals surface area (Å²) in [6.07, 6.45) is -5.35. The number of aliphatic hydroxyl groups is 3. The molecule has 1 aliphatic heterocycles. The van der Waals surface area contributed by atoms with Crippen molar-refractivity contribution in [1.82, 2.24) is 0 Å². The standard InChI is InChI=1S/C7H15NO5.ClH/c1-12-7-6(11)5(10)4(9)3(2-8)13-7;/h3-7,9-11H,2,8H2,1H3;1H/t3-,4+,5-,6-,7+;/m1./s1. The number of halogens is 1. The molecule has 14 heavy (non-hydrogen) atoms. The highest BCUT2D eigenvalue weighted by Crippen LogP contribution is 2.20. The summed E-state index contributed by atoms with van der Waals surface area (Å²) >= 11 is 0. The van der Waals surface area contributed by atoms with Gasteiger partial charge in [-0.2, -0.15) is 0 Å². The summed E-state index contributed by atoms with van der Waals surface area (Å²) in [6, 6.07) is 0. The van der Waals surface area contributed by atoms with Crippen LogP contribution in [0.2, 0.25) is 0 Å². The zero-order chi connectivity index (χ0) is 10.0. The number of aliphatic hydroxyl groups excluding tert-OH is 3. The van der Waals surface area contributed by atoms with E-state index in [1.54, 1.807) is 0 Å². The Kier molecular flexibility index (Phi) is 5.84. The molecule has 1 heterocycles. The van der Waals surface area contributed by atoms with Crippen molar-refractivity contribution in [3.05, 3.63) is 0 Å². The first-order chi connectivity index (χ1) is 6.11. The molecule has 1 fully saturated rings. The van der Waals surface area contributed by atoms with Crippen molar-refractivity contribution in [2.45, 2.75) is 30.7 Å². The van der Waals surface area contributed by atoms with Crippen molar-refractivity contribution in [3.63, 3.8) is 0 Å². The third-order valence-electron chi connectivity index (χ3n) is 2.13. The van der Waals surface area contributed by atoms with E-state index in [-0.39, 0.29) is 19.0 Å². The minimum atomic E-state index is -1.28. The van der Waals surface area contributed by atoms with Gasteiger partial charge in [0.1, 0.15) is 24.4 Å². The van der Waals surface area contributed by atoms with Crippen LogP contribution < -0.4 is 5.73 Å². The third-order valence-corrected chi connectivity index (χ3v) is 2.13. The van der Waals surface area contributed by atoms with Gasteiger partial charge in [0.15, 0.2) is 6.29 Å². The lowest BCUT2D eigenvalue weighted by atomic mass is 9.99. The Bertz CT molecular complexity index is 152. The normalized spacial score (nSPS) is 43.1. The fraction of sp³-hybridized carbons (Fsp3) is 1.00. The number of nitrogens with two attached hydrogens (primary N) is 1. The van der Waals surface area contributed by atoms with E-state index in [2.05, 4.69) is 0 Å². The summed E-state index contributed by atoms with van der Waals surface area (Å²) in [4.78, 5) is 0. The lowest BCUT2D eigenvalue weighted by molar-refractivity contribution is -0.287. The molecule has 86 valence electrons. The van der Waals surface area contributed by atoms with Crippen molar-refractivity contribution in [2.75, 3.05) is 13.7 Å². The quantitative estimate of drug-likeness (QED) is 0.429. The average Bonchev–Trinajstić information content (AvgIpc) is 2.15. The lowest BCUT2D eigenvalue weighted by Gasteiger charge is -2.39. The molecule has 0 aromatic rings. The zero-order valence-electron chi connectivity index (χ0n) is 7.74. The van der Waals surface area contributed by atoms with Gasteiger partial charge in [-0.05, 0) is 0 Å². The van der Waals surface area contributed by atoms with Crippen LogP contribution in [0.1, 0.15) is 0 Å². The van der Waals surface area contributed by atoms with Gasteiger partial charge in [-0.25, -0.2) is 0 Å². The molecule has 0 amide bonds. The Balaban J connectivity index is 0.00000169. The molecule has 1 saturated heterocycles. The van der Waals surface area contributed by atoms with Gasteiger partial charge in [0.2, 0.25) is 0 Å². The molecule has 0 aliphatic carbocycles. The maximum Gasteiger partial charge on any atom is 0.186 e. The molecule has 0 unspecified atom stereocenters. The Morgan fingerprint density at radius 2 is 1.79 bits per heavy atom. The Hall–Kier alpha value is 0.0500. The molecule has 0 radical (unpaired) electrons. The number of rotatable bonds is 2. The highest BCUT2D eigenvalue weighted by Gasteiger charge is 2.43. The largest absolute Gasteiger partial charge is 0.388 e. The second-order valence-electron chi connectivity index (χ2n) is 2.99. The molecule has 0 aromatic carbocycles. The maximum absolute atomic E-state index is 9.35. The zero-order valence-corrected chi connectivity index (χ0v) is 8.55. The highest BCUT2D eigenvalue weighted by molar-refractivity contribution is 5.85. The van der Waals surface area contributed by atoms with Crippen LogP contribution in [0.15, 0.2) is 0 Å². The summed E-state index contributed by atoms with van der Waals surface area (Å²) in [7, 11) is 1.34. The first-order valence-electron chi connectivity index (χ1n) is 4.04. The Morgan fingerprint density at radius 1 is 1.21 bits per heavy atom. The first kappa shape index (κ1) is 14.1. The van der Waals surface area contributed by atoms with Crippen LogP contribution in [0, 0.1) is 0 Å². The van der Waals surface area contributed by atoms with Gasteiger partial charge < -0.3 is 30.5 Å². The van der Waals surface area contributed by atoms with Crippen molar-refractivity contribution >= 4 is 12.4 Å². The van der Waals surface area contributed by atoms with Crippen LogP contribution in [-0.2, 0) is 9.47 Å². The van der Waals surface area contributed by atoms with Crippen LogP contribution in [0.25, 0.3) is 0 Å². The fourth-order valence-electron chi connectivity index (χ4n) is 1.31. The third kappa shape index (κ3) is 2.54. The van der Waals surface area contributed by atoms with Crippen molar-refractivity contribution in [2.24, 2.45) is 5.73 Å². The lowest BCUT2D eigenvalue weighted by Crippen LogP contribution is -2.59. The molecular weight excluding hydrogens is 214 g/mol. The first-order valence-corrected chi connectivity index (χ1v) is 4.04. The minimum Gasteiger partial charge on any atom is -0.388 e. The SMILES string of the molecule is CO[C@H]1O[C@H](CN)[C@H](O)[C@@H](O)[C@H]1O.Cl. The van der Waals surface area contributed by atoms with Gasteiger partial charge in [0.05, 0.1) is 0 Å². The molecule has 6 nitrogen and oxygen atoms in total. The maximum atomic E-state index is 9.35. The summed E-state index contributed by atoms with van der Waals surface area (Å²) in [5, 5.41) is 28.0. The predicted molar refractivity (Wildman–Crippen MR) is 50.0 cm³/mol. The van der Waals surface area contributed by atoms with Gasteiger partial charge in [0.25, 0.3) is 0 Å². The van der Waals surface area contributed by atoms with Crippen molar-refractivity contribution in [3.8, 4) is 0 Å². The van der Waals surface area contributed by atoms with E-state index in [4.69, 9.17) is 15.2 Å². The Labute approximate surface area is 88.0 Å². The smallest absolute Gasteiger partial charge is 0.186 e. The van der Waals surface area contributed by atoms with E-state index in [1.807, 2.05) is 0 Å². The van der Waals surface area contributed by atoms with Crippen LogP contribution >= 0.6 is 12.4 Å². The predicted octanol–water partition coefficient (Wildman–Crippen LogP) is -2.18. The number of hydrogen-bond acceptors (Lipinski definition) is 6. The number of methoxy groups -OCH3 is 1.